The summed E-state index contributed by atoms with van der Waals surface area (Å²) in [6.07, 6.45) is 2.14. The quantitative estimate of drug-likeness (QED) is 0.649. The van der Waals surface area contributed by atoms with Crippen molar-refractivity contribution >= 4 is 23.3 Å². The second kappa shape index (κ2) is 9.09. The zero-order valence-electron chi connectivity index (χ0n) is 14.5. The topological polar surface area (TPSA) is 66.9 Å². The Balaban J connectivity index is 1.52. The van der Waals surface area contributed by atoms with Crippen LogP contribution in [-0.2, 0) is 13.0 Å². The lowest BCUT2D eigenvalue weighted by molar-refractivity contribution is 0.0946. The number of hydrogen-bond donors (Lipinski definition) is 2. The van der Waals surface area contributed by atoms with Crippen molar-refractivity contribution < 1.29 is 9.18 Å². The van der Waals surface area contributed by atoms with Crippen LogP contribution in [0.15, 0.2) is 60.9 Å². The highest BCUT2D eigenvalue weighted by atomic mass is 35.5. The molecule has 0 saturated heterocycles. The predicted octanol–water partition coefficient (Wildman–Crippen LogP) is 3.85. The van der Waals surface area contributed by atoms with E-state index in [2.05, 4.69) is 20.6 Å². The van der Waals surface area contributed by atoms with Gasteiger partial charge in [0.2, 0.25) is 0 Å². The number of anilines is 1. The third-order valence-corrected chi connectivity index (χ3v) is 4.15. The van der Waals surface area contributed by atoms with Crippen molar-refractivity contribution in [2.45, 2.75) is 13.0 Å². The number of nitrogens with one attached hydrogen (secondary N) is 2. The third kappa shape index (κ3) is 5.76. The van der Waals surface area contributed by atoms with E-state index in [1.165, 1.54) is 18.5 Å². The Morgan fingerprint density at radius 1 is 1.00 bits per heavy atom. The maximum atomic E-state index is 12.9. The van der Waals surface area contributed by atoms with Gasteiger partial charge in [-0.1, -0.05) is 35.9 Å². The maximum absolute atomic E-state index is 12.9. The minimum absolute atomic E-state index is 0.265. The summed E-state index contributed by atoms with van der Waals surface area (Å²) in [4.78, 5) is 20.4. The fraction of sp³-hybridized carbons (Fsp3) is 0.150. The van der Waals surface area contributed by atoms with E-state index in [9.17, 15) is 9.18 Å². The molecule has 7 heteroatoms. The Kier molecular flexibility index (Phi) is 6.33. The summed E-state index contributed by atoms with van der Waals surface area (Å²) in [5.41, 5.74) is 2.22. The Morgan fingerprint density at radius 2 is 1.70 bits per heavy atom. The molecule has 0 aliphatic heterocycles. The molecule has 138 valence electrons. The van der Waals surface area contributed by atoms with Gasteiger partial charge in [-0.05, 0) is 41.8 Å². The van der Waals surface area contributed by atoms with E-state index in [1.807, 2.05) is 24.3 Å². The average Bonchev–Trinajstić information content (AvgIpc) is 2.69. The molecule has 0 atom stereocenters. The van der Waals surface area contributed by atoms with Crippen LogP contribution < -0.4 is 10.6 Å². The van der Waals surface area contributed by atoms with E-state index in [1.54, 1.807) is 18.2 Å². The number of nitrogens with zero attached hydrogens (tertiary/aromatic N) is 2. The molecule has 0 saturated carbocycles. The van der Waals surface area contributed by atoms with Crippen LogP contribution in [0.3, 0.4) is 0 Å². The highest BCUT2D eigenvalue weighted by molar-refractivity contribution is 6.30. The van der Waals surface area contributed by atoms with Gasteiger partial charge in [0.1, 0.15) is 23.7 Å². The Bertz CT molecular complexity index is 901. The zero-order chi connectivity index (χ0) is 19.1. The van der Waals surface area contributed by atoms with Gasteiger partial charge in [-0.3, -0.25) is 4.79 Å². The van der Waals surface area contributed by atoms with Crippen LogP contribution in [0.5, 0.6) is 0 Å². The van der Waals surface area contributed by atoms with Crippen LogP contribution in [0.2, 0.25) is 5.02 Å². The van der Waals surface area contributed by atoms with Crippen molar-refractivity contribution in [3.8, 4) is 0 Å². The second-order valence-electron chi connectivity index (χ2n) is 5.90. The largest absolute Gasteiger partial charge is 0.370 e. The molecular formula is C20H18ClFN4O. The molecule has 0 unspecified atom stereocenters. The summed E-state index contributed by atoms with van der Waals surface area (Å²) in [6, 6.07) is 15.2. The van der Waals surface area contributed by atoms with Gasteiger partial charge in [-0.15, -0.1) is 0 Å². The summed E-state index contributed by atoms with van der Waals surface area (Å²) in [5, 5.41) is 6.64. The lowest BCUT2D eigenvalue weighted by Crippen LogP contribution is -2.24. The molecule has 1 heterocycles. The van der Waals surface area contributed by atoms with Crippen molar-refractivity contribution in [3.63, 3.8) is 0 Å². The van der Waals surface area contributed by atoms with Crippen molar-refractivity contribution in [2.24, 2.45) is 0 Å². The molecule has 3 aromatic rings. The number of aromatic nitrogens is 2. The summed E-state index contributed by atoms with van der Waals surface area (Å²) in [7, 11) is 0. The van der Waals surface area contributed by atoms with E-state index in [-0.39, 0.29) is 17.4 Å². The van der Waals surface area contributed by atoms with Gasteiger partial charge < -0.3 is 10.6 Å². The molecule has 5 nitrogen and oxygen atoms in total. The summed E-state index contributed by atoms with van der Waals surface area (Å²) in [5.74, 6) is -0.0523. The SMILES string of the molecule is O=C(NCc1ccc(F)cc1)c1cc(NCCc2ccc(Cl)cc2)ncn1. The Morgan fingerprint density at radius 3 is 2.44 bits per heavy atom. The van der Waals surface area contributed by atoms with Gasteiger partial charge in [0, 0.05) is 24.2 Å². The second-order valence-corrected chi connectivity index (χ2v) is 6.34. The first kappa shape index (κ1) is 18.8. The fourth-order valence-electron chi connectivity index (χ4n) is 2.44. The summed E-state index contributed by atoms with van der Waals surface area (Å²) < 4.78 is 12.9. The summed E-state index contributed by atoms with van der Waals surface area (Å²) >= 11 is 5.87. The first-order valence-corrected chi connectivity index (χ1v) is 8.81. The predicted molar refractivity (Wildman–Crippen MR) is 103 cm³/mol. The molecule has 0 fully saturated rings. The van der Waals surface area contributed by atoms with Crippen LogP contribution in [0.1, 0.15) is 21.6 Å². The average molecular weight is 385 g/mol. The van der Waals surface area contributed by atoms with Crippen LogP contribution in [-0.4, -0.2) is 22.4 Å². The molecule has 2 aromatic carbocycles. The lowest BCUT2D eigenvalue weighted by Gasteiger charge is -2.08. The maximum Gasteiger partial charge on any atom is 0.270 e. The normalized spacial score (nSPS) is 10.4. The van der Waals surface area contributed by atoms with Crippen molar-refractivity contribution in [1.29, 1.82) is 0 Å². The van der Waals surface area contributed by atoms with Gasteiger partial charge in [0.25, 0.3) is 5.91 Å². The Hall–Kier alpha value is -2.99. The number of rotatable bonds is 7. The number of benzene rings is 2. The van der Waals surface area contributed by atoms with Gasteiger partial charge in [-0.2, -0.15) is 0 Å². The van der Waals surface area contributed by atoms with Gasteiger partial charge in [-0.25, -0.2) is 14.4 Å². The molecule has 3 rings (SSSR count). The lowest BCUT2D eigenvalue weighted by atomic mass is 10.1. The highest BCUT2D eigenvalue weighted by Gasteiger charge is 2.08. The molecule has 27 heavy (non-hydrogen) atoms. The van der Waals surface area contributed by atoms with Crippen LogP contribution in [0, 0.1) is 5.82 Å². The molecule has 1 aromatic heterocycles. The van der Waals surface area contributed by atoms with Gasteiger partial charge in [0.05, 0.1) is 0 Å². The van der Waals surface area contributed by atoms with Crippen molar-refractivity contribution in [2.75, 3.05) is 11.9 Å². The van der Waals surface area contributed by atoms with Crippen LogP contribution >= 0.6 is 11.6 Å². The van der Waals surface area contributed by atoms with Crippen LogP contribution in [0.4, 0.5) is 10.2 Å². The molecule has 0 radical (unpaired) electrons. The minimum Gasteiger partial charge on any atom is -0.370 e. The number of carbonyl (C=O) groups is 1. The minimum atomic E-state index is -0.317. The van der Waals surface area contributed by atoms with E-state index >= 15 is 0 Å². The van der Waals surface area contributed by atoms with Crippen molar-refractivity contribution in [1.82, 2.24) is 15.3 Å². The van der Waals surface area contributed by atoms with Gasteiger partial charge in [0.15, 0.2) is 0 Å². The monoisotopic (exact) mass is 384 g/mol. The molecule has 2 N–H and O–H groups in total. The molecule has 0 bridgehead atoms. The molecule has 0 aliphatic carbocycles. The summed E-state index contributed by atoms with van der Waals surface area (Å²) in [6.45, 7) is 0.956. The fourth-order valence-corrected chi connectivity index (χ4v) is 2.57. The number of amides is 1. The molecule has 1 amide bonds. The molecular weight excluding hydrogens is 367 g/mol. The molecule has 0 aliphatic rings. The van der Waals surface area contributed by atoms with E-state index in [4.69, 9.17) is 11.6 Å². The van der Waals surface area contributed by atoms with E-state index < -0.39 is 0 Å². The molecule has 0 spiro atoms. The van der Waals surface area contributed by atoms with E-state index in [0.29, 0.717) is 23.9 Å². The number of carbonyl (C=O) groups excluding carboxylic acids is 1. The number of halogens is 2. The first-order valence-electron chi connectivity index (χ1n) is 8.43. The third-order valence-electron chi connectivity index (χ3n) is 3.90. The van der Waals surface area contributed by atoms with Gasteiger partial charge >= 0.3 is 0 Å². The van der Waals surface area contributed by atoms with Crippen molar-refractivity contribution in [3.05, 3.63) is 88.6 Å². The Labute approximate surface area is 161 Å². The van der Waals surface area contributed by atoms with E-state index in [0.717, 1.165) is 17.5 Å². The standard InChI is InChI=1S/C20H18ClFN4O/c21-16-5-1-14(2-6-16)9-10-23-19-11-18(25-13-26-19)20(27)24-12-15-3-7-17(22)8-4-15/h1-8,11,13H,9-10,12H2,(H,24,27)(H,23,25,26). The van der Waals surface area contributed by atoms with Crippen LogP contribution in [0.25, 0.3) is 0 Å². The number of hydrogen-bond acceptors (Lipinski definition) is 4. The highest BCUT2D eigenvalue weighted by Crippen LogP contribution is 2.11. The zero-order valence-corrected chi connectivity index (χ0v) is 15.2. The first-order chi connectivity index (χ1) is 13.1. The smallest absolute Gasteiger partial charge is 0.270 e.